The Hall–Kier alpha value is -2.71. The van der Waals surface area contributed by atoms with Crippen molar-refractivity contribution in [1.29, 1.82) is 0 Å². The molecule has 0 atom stereocenters. The van der Waals surface area contributed by atoms with Crippen molar-refractivity contribution >= 4 is 40.3 Å². The van der Waals surface area contributed by atoms with E-state index in [9.17, 15) is 9.59 Å². The molecule has 2 N–H and O–H groups in total. The second-order valence-corrected chi connectivity index (χ2v) is 8.69. The molecule has 28 heavy (non-hydrogen) atoms. The van der Waals surface area contributed by atoms with Crippen molar-refractivity contribution in [2.24, 2.45) is 0 Å². The summed E-state index contributed by atoms with van der Waals surface area (Å²) in [6.45, 7) is 3.80. The fourth-order valence-electron chi connectivity index (χ4n) is 3.06. The predicted octanol–water partition coefficient (Wildman–Crippen LogP) is 3.68. The standard InChI is InChI=1S/C20H20N4O2S2/c1-13-23-17(12-27-13)18-6-5-16(28-18)7-8-21-19(25)14-3-2-4-15(11-14)24-10-9-22-20(24)26/h2-6,11-12H,7-10H2,1H3,(H,21,25)(H,22,26). The van der Waals surface area contributed by atoms with Gasteiger partial charge in [-0.1, -0.05) is 6.07 Å². The molecule has 0 bridgehead atoms. The third kappa shape index (κ3) is 4.07. The summed E-state index contributed by atoms with van der Waals surface area (Å²) < 4.78 is 0. The summed E-state index contributed by atoms with van der Waals surface area (Å²) in [6, 6.07) is 11.2. The van der Waals surface area contributed by atoms with Crippen molar-refractivity contribution in [3.8, 4) is 10.6 Å². The number of carbonyl (C=O) groups excluding carboxylic acids is 2. The van der Waals surface area contributed by atoms with Crippen LogP contribution in [0.2, 0.25) is 0 Å². The van der Waals surface area contributed by atoms with Crippen molar-refractivity contribution in [2.45, 2.75) is 13.3 Å². The van der Waals surface area contributed by atoms with Gasteiger partial charge in [0.25, 0.3) is 5.91 Å². The zero-order valence-electron chi connectivity index (χ0n) is 15.4. The van der Waals surface area contributed by atoms with Crippen LogP contribution in [0.3, 0.4) is 0 Å². The first-order valence-corrected chi connectivity index (χ1v) is 10.7. The van der Waals surface area contributed by atoms with Gasteiger partial charge in [0.05, 0.1) is 15.6 Å². The molecule has 1 fully saturated rings. The van der Waals surface area contributed by atoms with Crippen molar-refractivity contribution < 1.29 is 9.59 Å². The summed E-state index contributed by atoms with van der Waals surface area (Å²) >= 11 is 3.36. The first-order chi connectivity index (χ1) is 13.6. The molecule has 1 aromatic carbocycles. The highest BCUT2D eigenvalue weighted by molar-refractivity contribution is 7.16. The summed E-state index contributed by atoms with van der Waals surface area (Å²) in [5.74, 6) is -0.131. The molecule has 0 unspecified atom stereocenters. The Morgan fingerprint density at radius 1 is 1.32 bits per heavy atom. The highest BCUT2D eigenvalue weighted by atomic mass is 32.1. The lowest BCUT2D eigenvalue weighted by atomic mass is 10.1. The third-order valence-corrected chi connectivity index (χ3v) is 6.41. The molecule has 1 aliphatic rings. The largest absolute Gasteiger partial charge is 0.352 e. The van der Waals surface area contributed by atoms with Gasteiger partial charge in [-0.25, -0.2) is 9.78 Å². The maximum absolute atomic E-state index is 12.5. The molecule has 2 aromatic heterocycles. The van der Waals surface area contributed by atoms with E-state index in [0.717, 1.165) is 27.7 Å². The van der Waals surface area contributed by atoms with E-state index in [0.29, 0.717) is 25.2 Å². The van der Waals surface area contributed by atoms with Crippen molar-refractivity contribution in [1.82, 2.24) is 15.6 Å². The number of thiazole rings is 1. The number of hydrogen-bond acceptors (Lipinski definition) is 5. The molecule has 8 heteroatoms. The van der Waals surface area contributed by atoms with Crippen LogP contribution in [0.1, 0.15) is 20.2 Å². The highest BCUT2D eigenvalue weighted by Gasteiger charge is 2.21. The first kappa shape index (κ1) is 18.6. The maximum atomic E-state index is 12.5. The van der Waals surface area contributed by atoms with Crippen LogP contribution in [-0.2, 0) is 6.42 Å². The van der Waals surface area contributed by atoms with Crippen molar-refractivity contribution in [3.63, 3.8) is 0 Å². The van der Waals surface area contributed by atoms with Gasteiger partial charge < -0.3 is 10.6 Å². The minimum absolute atomic E-state index is 0.124. The van der Waals surface area contributed by atoms with E-state index in [1.54, 1.807) is 45.8 Å². The van der Waals surface area contributed by atoms with Gasteiger partial charge in [-0.3, -0.25) is 9.69 Å². The number of hydrogen-bond donors (Lipinski definition) is 2. The number of benzene rings is 1. The van der Waals surface area contributed by atoms with Gasteiger partial charge >= 0.3 is 6.03 Å². The number of aromatic nitrogens is 1. The highest BCUT2D eigenvalue weighted by Crippen LogP contribution is 2.29. The number of anilines is 1. The van der Waals surface area contributed by atoms with Gasteiger partial charge in [-0.15, -0.1) is 22.7 Å². The number of rotatable bonds is 6. The Balaban J connectivity index is 1.34. The van der Waals surface area contributed by atoms with Crippen molar-refractivity contribution in [3.05, 3.63) is 57.2 Å². The Morgan fingerprint density at radius 3 is 2.96 bits per heavy atom. The Bertz CT molecular complexity index is 1010. The molecule has 0 aliphatic carbocycles. The second-order valence-electron chi connectivity index (χ2n) is 6.46. The molecule has 3 amide bonds. The number of nitrogens with zero attached hydrogens (tertiary/aromatic N) is 2. The molecule has 1 saturated heterocycles. The summed E-state index contributed by atoms with van der Waals surface area (Å²) in [5.41, 5.74) is 2.32. The molecule has 3 heterocycles. The average molecular weight is 413 g/mol. The van der Waals surface area contributed by atoms with E-state index in [1.807, 2.05) is 13.0 Å². The molecule has 0 radical (unpaired) electrons. The quantitative estimate of drug-likeness (QED) is 0.649. The summed E-state index contributed by atoms with van der Waals surface area (Å²) in [7, 11) is 0. The number of thiophene rings is 1. The minimum atomic E-state index is -0.131. The van der Waals surface area contributed by atoms with Gasteiger partial charge in [0.1, 0.15) is 0 Å². The molecule has 0 saturated carbocycles. The number of nitrogens with one attached hydrogen (secondary N) is 2. The Morgan fingerprint density at radius 2 is 2.21 bits per heavy atom. The second kappa shape index (κ2) is 8.12. The van der Waals surface area contributed by atoms with Crippen LogP contribution in [-0.4, -0.2) is 36.6 Å². The summed E-state index contributed by atoms with van der Waals surface area (Å²) in [6.07, 6.45) is 0.772. The van der Waals surface area contributed by atoms with Gasteiger partial charge in [0.2, 0.25) is 0 Å². The molecular weight excluding hydrogens is 392 g/mol. The smallest absolute Gasteiger partial charge is 0.321 e. The third-order valence-electron chi connectivity index (χ3n) is 4.47. The summed E-state index contributed by atoms with van der Waals surface area (Å²) in [4.78, 5) is 32.8. The fourth-order valence-corrected chi connectivity index (χ4v) is 4.72. The minimum Gasteiger partial charge on any atom is -0.352 e. The lowest BCUT2D eigenvalue weighted by Crippen LogP contribution is -2.29. The SMILES string of the molecule is Cc1nc(-c2ccc(CCNC(=O)c3cccc(N4CCNC4=O)c3)s2)cs1. The van der Waals surface area contributed by atoms with Crippen LogP contribution < -0.4 is 15.5 Å². The van der Waals surface area contributed by atoms with Crippen LogP contribution >= 0.6 is 22.7 Å². The maximum Gasteiger partial charge on any atom is 0.321 e. The molecule has 3 aromatic rings. The lowest BCUT2D eigenvalue weighted by molar-refractivity contribution is 0.0954. The zero-order valence-corrected chi connectivity index (χ0v) is 17.0. The van der Waals surface area contributed by atoms with E-state index in [4.69, 9.17) is 0 Å². The molecule has 6 nitrogen and oxygen atoms in total. The average Bonchev–Trinajstić information content (AvgIpc) is 3.43. The van der Waals surface area contributed by atoms with Gasteiger partial charge in [0.15, 0.2) is 0 Å². The van der Waals surface area contributed by atoms with Crippen molar-refractivity contribution in [2.75, 3.05) is 24.5 Å². The van der Waals surface area contributed by atoms with Gasteiger partial charge in [-0.2, -0.15) is 0 Å². The molecule has 144 valence electrons. The normalized spacial score (nSPS) is 13.6. The lowest BCUT2D eigenvalue weighted by Gasteiger charge is -2.15. The van der Waals surface area contributed by atoms with Gasteiger partial charge in [-0.05, 0) is 43.7 Å². The van der Waals surface area contributed by atoms with E-state index < -0.39 is 0 Å². The Labute approximate surface area is 171 Å². The van der Waals surface area contributed by atoms with E-state index in [2.05, 4.69) is 33.1 Å². The monoisotopic (exact) mass is 412 g/mol. The number of amides is 3. The van der Waals surface area contributed by atoms with Crippen LogP contribution in [0.5, 0.6) is 0 Å². The first-order valence-electron chi connectivity index (χ1n) is 9.05. The van der Waals surface area contributed by atoms with E-state index in [1.165, 1.54) is 4.88 Å². The molecule has 4 rings (SSSR count). The number of carbonyl (C=O) groups is 2. The molecular formula is C20H20N4O2S2. The topological polar surface area (TPSA) is 74.3 Å². The molecule has 0 spiro atoms. The van der Waals surface area contributed by atoms with Gasteiger partial charge in [0, 0.05) is 41.1 Å². The fraction of sp³-hybridized carbons (Fsp3) is 0.250. The Kier molecular flexibility index (Phi) is 5.40. The predicted molar refractivity (Wildman–Crippen MR) is 113 cm³/mol. The zero-order chi connectivity index (χ0) is 19.5. The van der Waals surface area contributed by atoms with Crippen LogP contribution in [0.25, 0.3) is 10.6 Å². The van der Waals surface area contributed by atoms with E-state index in [-0.39, 0.29) is 11.9 Å². The van der Waals surface area contributed by atoms with Crippen LogP contribution in [0.4, 0.5) is 10.5 Å². The van der Waals surface area contributed by atoms with E-state index >= 15 is 0 Å². The van der Waals surface area contributed by atoms with Crippen LogP contribution in [0.15, 0.2) is 41.8 Å². The number of aryl methyl sites for hydroxylation is 1. The number of urea groups is 1. The summed E-state index contributed by atoms with van der Waals surface area (Å²) in [5, 5.41) is 8.86. The van der Waals surface area contributed by atoms with Crippen LogP contribution in [0, 0.1) is 6.92 Å². The molecule has 1 aliphatic heterocycles.